The Bertz CT molecular complexity index is 849. The first kappa shape index (κ1) is 15.1. The zero-order valence-electron chi connectivity index (χ0n) is 12.0. The van der Waals surface area contributed by atoms with Crippen molar-refractivity contribution >= 4 is 40.3 Å². The van der Waals surface area contributed by atoms with Crippen molar-refractivity contribution < 1.29 is 5.11 Å². The van der Waals surface area contributed by atoms with Crippen LogP contribution in [0, 0.1) is 0 Å². The van der Waals surface area contributed by atoms with Gasteiger partial charge in [0.05, 0.1) is 15.4 Å². The van der Waals surface area contributed by atoms with Crippen LogP contribution in [0.25, 0.3) is 10.9 Å². The Morgan fingerprint density at radius 3 is 2.82 bits per heavy atom. The summed E-state index contributed by atoms with van der Waals surface area (Å²) in [7, 11) is 0. The van der Waals surface area contributed by atoms with Crippen LogP contribution in [0.1, 0.15) is 20.3 Å². The van der Waals surface area contributed by atoms with E-state index in [4.69, 9.17) is 23.2 Å². The van der Waals surface area contributed by atoms with Gasteiger partial charge in [-0.15, -0.1) is 0 Å². The molecule has 1 aliphatic rings. The maximum atomic E-state index is 12.9. The van der Waals surface area contributed by atoms with Gasteiger partial charge >= 0.3 is 0 Å². The SMILES string of the molecule is CCN1N=CCC1(C)n1cnc2c(O)c(Cl)cc(Cl)c2c1=O. The minimum atomic E-state index is -0.647. The molecular formula is C14H14Cl2N4O2. The molecule has 3 rings (SSSR count). The molecule has 0 radical (unpaired) electrons. The highest BCUT2D eigenvalue weighted by Crippen LogP contribution is 2.35. The van der Waals surface area contributed by atoms with Crippen LogP contribution in [0.15, 0.2) is 22.3 Å². The molecule has 0 aliphatic carbocycles. The molecule has 0 fully saturated rings. The highest BCUT2D eigenvalue weighted by Gasteiger charge is 2.36. The quantitative estimate of drug-likeness (QED) is 0.912. The third kappa shape index (κ3) is 1.98. The van der Waals surface area contributed by atoms with Gasteiger partial charge in [0.1, 0.15) is 17.5 Å². The third-order valence-corrected chi connectivity index (χ3v) is 4.57. The average Bonchev–Trinajstić information content (AvgIpc) is 2.86. The number of phenols is 1. The smallest absolute Gasteiger partial charge is 0.264 e. The van der Waals surface area contributed by atoms with Crippen LogP contribution in [0.4, 0.5) is 0 Å². The van der Waals surface area contributed by atoms with Crippen LogP contribution in [0.5, 0.6) is 5.75 Å². The summed E-state index contributed by atoms with van der Waals surface area (Å²) in [6.45, 7) is 4.51. The zero-order valence-corrected chi connectivity index (χ0v) is 13.6. The highest BCUT2D eigenvalue weighted by atomic mass is 35.5. The Balaban J connectivity index is 2.31. The fourth-order valence-corrected chi connectivity index (χ4v) is 3.28. The lowest BCUT2D eigenvalue weighted by atomic mass is 10.1. The largest absolute Gasteiger partial charge is 0.504 e. The molecule has 8 heteroatoms. The summed E-state index contributed by atoms with van der Waals surface area (Å²) < 4.78 is 1.49. The fraction of sp³-hybridized carbons (Fsp3) is 0.357. The number of rotatable bonds is 2. The van der Waals surface area contributed by atoms with Crippen LogP contribution in [-0.2, 0) is 5.66 Å². The Morgan fingerprint density at radius 1 is 1.41 bits per heavy atom. The van der Waals surface area contributed by atoms with Gasteiger partial charge in [-0.25, -0.2) is 4.98 Å². The van der Waals surface area contributed by atoms with E-state index in [0.29, 0.717) is 13.0 Å². The third-order valence-electron chi connectivity index (χ3n) is 3.99. The predicted octanol–water partition coefficient (Wildman–Crippen LogP) is 2.79. The van der Waals surface area contributed by atoms with Crippen molar-refractivity contribution in [2.45, 2.75) is 25.9 Å². The average molecular weight is 341 g/mol. The summed E-state index contributed by atoms with van der Waals surface area (Å²) in [5, 5.41) is 16.5. The van der Waals surface area contributed by atoms with Crippen molar-refractivity contribution in [2.75, 3.05) is 6.54 Å². The topological polar surface area (TPSA) is 70.7 Å². The lowest BCUT2D eigenvalue weighted by Crippen LogP contribution is -2.47. The monoisotopic (exact) mass is 340 g/mol. The van der Waals surface area contributed by atoms with Crippen LogP contribution in [0.3, 0.4) is 0 Å². The van der Waals surface area contributed by atoms with Gasteiger partial charge in [-0.2, -0.15) is 5.10 Å². The Morgan fingerprint density at radius 2 is 2.14 bits per heavy atom. The van der Waals surface area contributed by atoms with E-state index in [1.54, 1.807) is 6.21 Å². The molecule has 22 heavy (non-hydrogen) atoms. The Labute approximate surface area is 136 Å². The Hall–Kier alpha value is -1.79. The molecule has 1 N–H and O–H groups in total. The predicted molar refractivity (Wildman–Crippen MR) is 86.8 cm³/mol. The number of fused-ring (bicyclic) bond motifs is 1. The molecule has 0 spiro atoms. The minimum absolute atomic E-state index is 0.0627. The van der Waals surface area contributed by atoms with Gasteiger partial charge in [-0.3, -0.25) is 14.4 Å². The number of benzene rings is 1. The van der Waals surface area contributed by atoms with Crippen LogP contribution < -0.4 is 5.56 Å². The molecule has 1 atom stereocenters. The van der Waals surface area contributed by atoms with E-state index >= 15 is 0 Å². The zero-order chi connectivity index (χ0) is 16.1. The van der Waals surface area contributed by atoms with Crippen molar-refractivity contribution in [3.8, 4) is 5.75 Å². The number of aromatic hydroxyl groups is 1. The van der Waals surface area contributed by atoms with E-state index in [-0.39, 0.29) is 32.3 Å². The molecule has 6 nitrogen and oxygen atoms in total. The summed E-state index contributed by atoms with van der Waals surface area (Å²) in [5.41, 5.74) is -0.885. The summed E-state index contributed by atoms with van der Waals surface area (Å²) in [6, 6.07) is 1.35. The summed E-state index contributed by atoms with van der Waals surface area (Å²) in [6.07, 6.45) is 3.74. The first-order valence-electron chi connectivity index (χ1n) is 6.79. The van der Waals surface area contributed by atoms with E-state index in [1.165, 1.54) is 17.0 Å². The molecule has 1 aliphatic heterocycles. The van der Waals surface area contributed by atoms with E-state index < -0.39 is 5.66 Å². The molecule has 116 valence electrons. The van der Waals surface area contributed by atoms with Crippen LogP contribution >= 0.6 is 23.2 Å². The van der Waals surface area contributed by atoms with Gasteiger partial charge in [0, 0.05) is 19.2 Å². The van der Waals surface area contributed by atoms with Crippen molar-refractivity contribution in [3.63, 3.8) is 0 Å². The molecule has 1 unspecified atom stereocenters. The summed E-state index contributed by atoms with van der Waals surface area (Å²) in [4.78, 5) is 17.1. The van der Waals surface area contributed by atoms with Gasteiger partial charge in [0.2, 0.25) is 0 Å². The first-order valence-corrected chi connectivity index (χ1v) is 7.54. The second kappa shape index (κ2) is 5.14. The van der Waals surface area contributed by atoms with Crippen LogP contribution in [0.2, 0.25) is 10.0 Å². The van der Waals surface area contributed by atoms with E-state index in [2.05, 4.69) is 10.1 Å². The van der Waals surface area contributed by atoms with Crippen molar-refractivity contribution in [3.05, 3.63) is 32.8 Å². The molecular weight excluding hydrogens is 327 g/mol. The number of halogens is 2. The van der Waals surface area contributed by atoms with Crippen molar-refractivity contribution in [2.24, 2.45) is 5.10 Å². The molecule has 1 aromatic carbocycles. The molecule has 2 aromatic rings. The fourth-order valence-electron chi connectivity index (χ4n) is 2.74. The standard InChI is InChI=1S/C14H14Cl2N4O2/c1-3-20-14(2,4-5-18-20)19-7-17-11-10(13(19)22)8(15)6-9(16)12(11)21/h5-7,21H,3-4H2,1-2H3. The molecule has 0 amide bonds. The molecule has 0 saturated carbocycles. The molecule has 0 bridgehead atoms. The van der Waals surface area contributed by atoms with E-state index in [0.717, 1.165) is 0 Å². The van der Waals surface area contributed by atoms with Crippen LogP contribution in [-0.4, -0.2) is 32.4 Å². The number of aromatic nitrogens is 2. The molecule has 1 aromatic heterocycles. The van der Waals surface area contributed by atoms with Gasteiger partial charge in [0.15, 0.2) is 5.75 Å². The summed E-state index contributed by atoms with van der Waals surface area (Å²) in [5.74, 6) is -0.245. The second-order valence-corrected chi connectivity index (χ2v) is 6.08. The Kier molecular flexibility index (Phi) is 3.53. The maximum absolute atomic E-state index is 12.9. The van der Waals surface area contributed by atoms with Gasteiger partial charge in [-0.05, 0) is 19.9 Å². The lowest BCUT2D eigenvalue weighted by Gasteiger charge is -2.35. The normalized spacial score (nSPS) is 21.0. The molecule has 2 heterocycles. The second-order valence-electron chi connectivity index (χ2n) is 5.27. The summed E-state index contributed by atoms with van der Waals surface area (Å²) >= 11 is 12.0. The molecule has 0 saturated heterocycles. The number of hydrogen-bond donors (Lipinski definition) is 1. The number of hydrazone groups is 1. The lowest BCUT2D eigenvalue weighted by molar-refractivity contribution is 0.0639. The van der Waals surface area contributed by atoms with Gasteiger partial charge < -0.3 is 5.11 Å². The highest BCUT2D eigenvalue weighted by molar-refractivity contribution is 6.39. The van der Waals surface area contributed by atoms with Gasteiger partial charge in [0.25, 0.3) is 5.56 Å². The number of phenolic OH excluding ortho intramolecular Hbond substituents is 1. The number of nitrogens with zero attached hydrogens (tertiary/aromatic N) is 4. The van der Waals surface area contributed by atoms with E-state index in [9.17, 15) is 9.90 Å². The van der Waals surface area contributed by atoms with E-state index in [1.807, 2.05) is 18.9 Å². The first-order chi connectivity index (χ1) is 10.4. The number of hydrogen-bond acceptors (Lipinski definition) is 5. The maximum Gasteiger partial charge on any atom is 0.264 e. The minimum Gasteiger partial charge on any atom is -0.504 e. The van der Waals surface area contributed by atoms with Crippen molar-refractivity contribution in [1.29, 1.82) is 0 Å². The van der Waals surface area contributed by atoms with Gasteiger partial charge in [-0.1, -0.05) is 23.2 Å². The van der Waals surface area contributed by atoms with Crippen molar-refractivity contribution in [1.82, 2.24) is 14.6 Å².